The lowest BCUT2D eigenvalue weighted by Crippen LogP contribution is -2.08. The molecule has 0 saturated carbocycles. The van der Waals surface area contributed by atoms with Gasteiger partial charge in [0.2, 0.25) is 0 Å². The molecule has 0 saturated heterocycles. The van der Waals surface area contributed by atoms with Crippen molar-refractivity contribution in [1.29, 1.82) is 0 Å². The van der Waals surface area contributed by atoms with Gasteiger partial charge >= 0.3 is 0 Å². The quantitative estimate of drug-likeness (QED) is 0.374. The van der Waals surface area contributed by atoms with E-state index in [1.807, 2.05) is 30.3 Å². The Kier molecular flexibility index (Phi) is 7.87. The Bertz CT molecular complexity index is 695. The molecule has 0 spiro atoms. The highest BCUT2D eigenvalue weighted by molar-refractivity contribution is 7.84. The number of fused-ring (bicyclic) bond motifs is 1. The van der Waals surface area contributed by atoms with Gasteiger partial charge in [0.25, 0.3) is 0 Å². The Morgan fingerprint density at radius 1 is 1.17 bits per heavy atom. The molecule has 1 aromatic heterocycles. The van der Waals surface area contributed by atoms with Gasteiger partial charge in [-0.05, 0) is 49.7 Å². The lowest BCUT2D eigenvalue weighted by molar-refractivity contribution is 0.322. The van der Waals surface area contributed by atoms with Crippen LogP contribution >= 0.6 is 12.2 Å². The lowest BCUT2D eigenvalue weighted by atomic mass is 10.2. The maximum atomic E-state index is 11.9. The van der Waals surface area contributed by atoms with Gasteiger partial charge < -0.3 is 4.74 Å². The number of rotatable bonds is 10. The Labute approximate surface area is 144 Å². The third-order valence-corrected chi connectivity index (χ3v) is 4.96. The second kappa shape index (κ2) is 10.2. The fourth-order valence-electron chi connectivity index (χ4n) is 2.20. The molecule has 122 valence electrons. The van der Waals surface area contributed by atoms with Crippen molar-refractivity contribution in [2.75, 3.05) is 24.7 Å². The van der Waals surface area contributed by atoms with Crippen LogP contribution in [0.2, 0.25) is 0 Å². The summed E-state index contributed by atoms with van der Waals surface area (Å²) in [6.07, 6.45) is 4.35. The molecule has 0 fully saturated rings. The fourth-order valence-corrected chi connectivity index (χ4v) is 3.46. The molecular formula is C17H20N2O2S2. The molecule has 0 bridgehead atoms. The van der Waals surface area contributed by atoms with Gasteiger partial charge in [0.05, 0.1) is 17.3 Å². The summed E-state index contributed by atoms with van der Waals surface area (Å²) in [5.74, 6) is 2.21. The van der Waals surface area contributed by atoms with E-state index in [0.717, 1.165) is 35.9 Å². The van der Waals surface area contributed by atoms with Crippen LogP contribution in [0, 0.1) is 0 Å². The van der Waals surface area contributed by atoms with E-state index in [2.05, 4.69) is 27.4 Å². The van der Waals surface area contributed by atoms with Gasteiger partial charge in [0, 0.05) is 40.4 Å². The van der Waals surface area contributed by atoms with Gasteiger partial charge in [-0.15, -0.1) is 0 Å². The van der Waals surface area contributed by atoms with E-state index in [1.165, 1.54) is 0 Å². The summed E-state index contributed by atoms with van der Waals surface area (Å²) in [4.78, 5) is 8.15. The molecule has 1 heterocycles. The number of thiocarbonyl (C=S) groups is 1. The highest BCUT2D eigenvalue weighted by Gasteiger charge is 2.03. The van der Waals surface area contributed by atoms with Crippen molar-refractivity contribution in [3.63, 3.8) is 0 Å². The maximum absolute atomic E-state index is 11.9. The van der Waals surface area contributed by atoms with Crippen LogP contribution in [0.5, 0.6) is 5.75 Å². The standard InChI is InChI=1S/C17H20N2O2S2/c20-23(12-4-3-9-18-14-22)13-5-11-21-17-8-10-19-16-7-2-1-6-15(16)17/h1-2,6-8,10H,3-5,9,11-13H2. The molecule has 0 N–H and O–H groups in total. The van der Waals surface area contributed by atoms with Crippen LogP contribution in [0.1, 0.15) is 19.3 Å². The van der Waals surface area contributed by atoms with Gasteiger partial charge in [-0.3, -0.25) is 9.19 Å². The zero-order valence-electron chi connectivity index (χ0n) is 12.9. The fraction of sp³-hybridized carbons (Fsp3) is 0.412. The van der Waals surface area contributed by atoms with E-state index in [9.17, 15) is 4.21 Å². The Balaban J connectivity index is 1.68. The topological polar surface area (TPSA) is 51.5 Å². The van der Waals surface area contributed by atoms with E-state index in [0.29, 0.717) is 24.7 Å². The molecule has 0 amide bonds. The summed E-state index contributed by atoms with van der Waals surface area (Å²) in [6.45, 7) is 1.24. The molecule has 0 radical (unpaired) electrons. The number of ether oxygens (including phenoxy) is 1. The first-order valence-corrected chi connectivity index (χ1v) is 9.56. The monoisotopic (exact) mass is 348 g/mol. The van der Waals surface area contributed by atoms with Crippen molar-refractivity contribution in [2.24, 2.45) is 4.99 Å². The third-order valence-electron chi connectivity index (χ3n) is 3.34. The highest BCUT2D eigenvalue weighted by atomic mass is 32.2. The van der Waals surface area contributed by atoms with E-state index >= 15 is 0 Å². The molecular weight excluding hydrogens is 328 g/mol. The van der Waals surface area contributed by atoms with Crippen LogP contribution in [-0.4, -0.2) is 39.0 Å². The number of isothiocyanates is 1. The molecule has 4 nitrogen and oxygen atoms in total. The predicted molar refractivity (Wildman–Crippen MR) is 98.9 cm³/mol. The molecule has 6 heteroatoms. The van der Waals surface area contributed by atoms with Crippen LogP contribution in [0.3, 0.4) is 0 Å². The number of hydrogen-bond donors (Lipinski definition) is 0. The molecule has 0 aliphatic heterocycles. The van der Waals surface area contributed by atoms with Gasteiger partial charge in [-0.1, -0.05) is 12.1 Å². The minimum Gasteiger partial charge on any atom is -0.493 e. The molecule has 1 aromatic carbocycles. The van der Waals surface area contributed by atoms with Crippen molar-refractivity contribution in [1.82, 2.24) is 4.98 Å². The minimum atomic E-state index is -0.791. The van der Waals surface area contributed by atoms with E-state index in [-0.39, 0.29) is 0 Å². The second-order valence-corrected chi connectivity index (χ2v) is 6.94. The molecule has 1 atom stereocenters. The average molecular weight is 348 g/mol. The van der Waals surface area contributed by atoms with Gasteiger partial charge in [-0.25, -0.2) is 4.99 Å². The van der Waals surface area contributed by atoms with Crippen LogP contribution in [0.15, 0.2) is 41.5 Å². The summed E-state index contributed by atoms with van der Waals surface area (Å²) in [6, 6.07) is 9.76. The number of aromatic nitrogens is 1. The van der Waals surface area contributed by atoms with Crippen molar-refractivity contribution in [2.45, 2.75) is 19.3 Å². The van der Waals surface area contributed by atoms with E-state index < -0.39 is 10.8 Å². The highest BCUT2D eigenvalue weighted by Crippen LogP contribution is 2.23. The first kappa shape index (κ1) is 17.7. The summed E-state index contributed by atoms with van der Waals surface area (Å²) in [5, 5.41) is 3.35. The molecule has 0 aliphatic rings. The van der Waals surface area contributed by atoms with Crippen LogP contribution in [0.25, 0.3) is 10.9 Å². The van der Waals surface area contributed by atoms with Crippen LogP contribution in [0.4, 0.5) is 0 Å². The SMILES string of the molecule is O=S(CCCCN=C=S)CCCOc1ccnc2ccccc12. The largest absolute Gasteiger partial charge is 0.493 e. The zero-order valence-corrected chi connectivity index (χ0v) is 14.6. The number of unbranched alkanes of at least 4 members (excludes halogenated alkanes) is 1. The lowest BCUT2D eigenvalue weighted by Gasteiger charge is -2.08. The van der Waals surface area contributed by atoms with Crippen molar-refractivity contribution in [3.05, 3.63) is 36.5 Å². The number of nitrogens with zero attached hydrogens (tertiary/aromatic N) is 2. The second-order valence-electron chi connectivity index (χ2n) is 5.06. The molecule has 2 rings (SSSR count). The summed E-state index contributed by atoms with van der Waals surface area (Å²) < 4.78 is 17.7. The molecule has 0 aliphatic carbocycles. The number of aliphatic imine (C=N–C) groups is 1. The van der Waals surface area contributed by atoms with Crippen molar-refractivity contribution >= 4 is 39.1 Å². The van der Waals surface area contributed by atoms with Gasteiger partial charge in [0.15, 0.2) is 0 Å². The predicted octanol–water partition coefficient (Wildman–Crippen LogP) is 3.64. The third kappa shape index (κ3) is 6.18. The van der Waals surface area contributed by atoms with Crippen LogP contribution in [-0.2, 0) is 10.8 Å². The summed E-state index contributed by atoms with van der Waals surface area (Å²) >= 11 is 4.50. The normalized spacial score (nSPS) is 11.8. The summed E-state index contributed by atoms with van der Waals surface area (Å²) in [5.41, 5.74) is 0.924. The van der Waals surface area contributed by atoms with Crippen molar-refractivity contribution < 1.29 is 8.95 Å². The number of pyridine rings is 1. The van der Waals surface area contributed by atoms with Gasteiger partial charge in [-0.2, -0.15) is 0 Å². The van der Waals surface area contributed by atoms with Crippen LogP contribution < -0.4 is 4.74 Å². The number of benzene rings is 1. The molecule has 23 heavy (non-hydrogen) atoms. The van der Waals surface area contributed by atoms with Gasteiger partial charge in [0.1, 0.15) is 5.75 Å². The van der Waals surface area contributed by atoms with Crippen molar-refractivity contribution in [3.8, 4) is 5.75 Å². The number of para-hydroxylation sites is 1. The molecule has 2 aromatic rings. The smallest absolute Gasteiger partial charge is 0.130 e. The Morgan fingerprint density at radius 3 is 2.87 bits per heavy atom. The molecule has 1 unspecified atom stereocenters. The Morgan fingerprint density at radius 2 is 2.00 bits per heavy atom. The first-order valence-electron chi connectivity index (χ1n) is 7.66. The average Bonchev–Trinajstić information content (AvgIpc) is 2.58. The Hall–Kier alpha value is -1.62. The zero-order chi connectivity index (χ0) is 16.3. The number of hydrogen-bond acceptors (Lipinski definition) is 5. The maximum Gasteiger partial charge on any atom is 0.130 e. The van der Waals surface area contributed by atoms with E-state index in [4.69, 9.17) is 4.74 Å². The van der Waals surface area contributed by atoms with E-state index in [1.54, 1.807) is 6.20 Å². The summed E-state index contributed by atoms with van der Waals surface area (Å²) in [7, 11) is -0.791. The first-order chi connectivity index (χ1) is 11.3. The minimum absolute atomic E-state index is 0.564.